The van der Waals surface area contributed by atoms with E-state index in [2.05, 4.69) is 26.8 Å². The van der Waals surface area contributed by atoms with Crippen LogP contribution in [0.3, 0.4) is 0 Å². The van der Waals surface area contributed by atoms with E-state index in [0.717, 1.165) is 32.9 Å². The van der Waals surface area contributed by atoms with E-state index in [-0.39, 0.29) is 18.4 Å². The number of pyridine rings is 2. The monoisotopic (exact) mass is 399 g/mol. The van der Waals surface area contributed by atoms with Gasteiger partial charge in [-0.1, -0.05) is 11.8 Å². The number of rotatable bonds is 4. The topological polar surface area (TPSA) is 77.1 Å². The van der Waals surface area contributed by atoms with Crippen molar-refractivity contribution >= 4 is 27.8 Å². The lowest BCUT2D eigenvalue weighted by Crippen LogP contribution is -2.15. The van der Waals surface area contributed by atoms with Crippen LogP contribution in [0.15, 0.2) is 48.9 Å². The number of carbonyl (C=O) groups is 1. The summed E-state index contributed by atoms with van der Waals surface area (Å²) in [6, 6.07) is 9.69. The van der Waals surface area contributed by atoms with E-state index in [4.69, 9.17) is 9.47 Å². The Labute approximate surface area is 174 Å². The van der Waals surface area contributed by atoms with Crippen molar-refractivity contribution < 1.29 is 14.3 Å². The molecule has 0 atom stereocenters. The minimum absolute atomic E-state index is 0.233. The maximum atomic E-state index is 12.6. The molecule has 0 amide bonds. The Morgan fingerprint density at radius 3 is 2.60 bits per heavy atom. The van der Waals surface area contributed by atoms with Gasteiger partial charge in [0.25, 0.3) is 0 Å². The van der Waals surface area contributed by atoms with Crippen LogP contribution in [0.2, 0.25) is 0 Å². The van der Waals surface area contributed by atoms with Gasteiger partial charge in [-0.2, -0.15) is 0 Å². The molecule has 0 aliphatic carbocycles. The summed E-state index contributed by atoms with van der Waals surface area (Å²) < 4.78 is 10.8. The minimum atomic E-state index is -0.457. The fourth-order valence-electron chi connectivity index (χ4n) is 3.35. The molecule has 1 N–H and O–H groups in total. The van der Waals surface area contributed by atoms with Crippen LogP contribution in [0, 0.1) is 11.8 Å². The average molecular weight is 399 g/mol. The molecule has 0 bridgehead atoms. The SMILES string of the molecule is COCc1c(C(=O)OC(C)C)ncc2[nH]c3ccc(C#Cc4ccncc4)cc3c12. The van der Waals surface area contributed by atoms with Crippen LogP contribution in [0.5, 0.6) is 0 Å². The summed E-state index contributed by atoms with van der Waals surface area (Å²) >= 11 is 0. The molecular formula is C24H21N3O3. The largest absolute Gasteiger partial charge is 0.458 e. The number of hydrogen-bond donors (Lipinski definition) is 1. The molecule has 3 heterocycles. The highest BCUT2D eigenvalue weighted by Crippen LogP contribution is 2.31. The molecule has 1 aromatic carbocycles. The molecule has 6 nitrogen and oxygen atoms in total. The fourth-order valence-corrected chi connectivity index (χ4v) is 3.35. The van der Waals surface area contributed by atoms with Crippen LogP contribution in [0.1, 0.15) is 41.0 Å². The first-order valence-corrected chi connectivity index (χ1v) is 9.62. The zero-order chi connectivity index (χ0) is 21.1. The summed E-state index contributed by atoms with van der Waals surface area (Å²) in [5, 5.41) is 1.85. The van der Waals surface area contributed by atoms with Crippen molar-refractivity contribution in [2.75, 3.05) is 7.11 Å². The standard InChI is InChI=1S/C24H21N3O3/c1-15(2)30-24(28)23-19(14-29-3)22-18-12-17(5-4-16-8-10-25-11-9-16)6-7-20(18)27-21(22)13-26-23/h6-13,15,27H,14H2,1-3H3. The second-order valence-corrected chi connectivity index (χ2v) is 7.13. The lowest BCUT2D eigenvalue weighted by atomic mass is 10.0. The Bertz CT molecular complexity index is 1280. The first-order chi connectivity index (χ1) is 14.6. The predicted octanol–water partition coefficient (Wildman–Crippen LogP) is 4.22. The Kier molecular flexibility index (Phi) is 5.46. The Morgan fingerprint density at radius 2 is 1.87 bits per heavy atom. The van der Waals surface area contributed by atoms with E-state index in [1.165, 1.54) is 0 Å². The van der Waals surface area contributed by atoms with Gasteiger partial charge in [0.1, 0.15) is 0 Å². The number of fused-ring (bicyclic) bond motifs is 3. The van der Waals surface area contributed by atoms with E-state index >= 15 is 0 Å². The van der Waals surface area contributed by atoms with E-state index in [1.54, 1.807) is 25.7 Å². The molecule has 0 aliphatic heterocycles. The molecule has 0 radical (unpaired) electrons. The van der Waals surface area contributed by atoms with E-state index in [1.807, 2.05) is 44.2 Å². The number of ether oxygens (including phenoxy) is 2. The lowest BCUT2D eigenvalue weighted by molar-refractivity contribution is 0.0366. The van der Waals surface area contributed by atoms with Gasteiger partial charge >= 0.3 is 5.97 Å². The second kappa shape index (κ2) is 8.36. The number of H-pyrrole nitrogens is 1. The normalized spacial score (nSPS) is 10.9. The number of carbonyl (C=O) groups excluding carboxylic acids is 1. The van der Waals surface area contributed by atoms with Crippen molar-refractivity contribution in [2.45, 2.75) is 26.6 Å². The van der Waals surface area contributed by atoms with Crippen molar-refractivity contribution in [2.24, 2.45) is 0 Å². The van der Waals surface area contributed by atoms with Gasteiger partial charge in [-0.25, -0.2) is 9.78 Å². The molecule has 6 heteroatoms. The van der Waals surface area contributed by atoms with Crippen molar-refractivity contribution in [3.05, 3.63) is 71.3 Å². The molecule has 0 unspecified atom stereocenters. The number of benzene rings is 1. The highest BCUT2D eigenvalue weighted by atomic mass is 16.5. The summed E-state index contributed by atoms with van der Waals surface area (Å²) in [6.07, 6.45) is 4.86. The third-order valence-corrected chi connectivity index (χ3v) is 4.59. The van der Waals surface area contributed by atoms with Crippen LogP contribution < -0.4 is 0 Å². The molecule has 4 aromatic rings. The van der Waals surface area contributed by atoms with Gasteiger partial charge in [-0.15, -0.1) is 0 Å². The van der Waals surface area contributed by atoms with E-state index in [9.17, 15) is 4.79 Å². The van der Waals surface area contributed by atoms with Gasteiger partial charge in [0, 0.05) is 52.5 Å². The molecule has 4 rings (SSSR count). The van der Waals surface area contributed by atoms with Gasteiger partial charge in [0.15, 0.2) is 5.69 Å². The predicted molar refractivity (Wildman–Crippen MR) is 115 cm³/mol. The van der Waals surface area contributed by atoms with E-state index < -0.39 is 5.97 Å². The third kappa shape index (κ3) is 3.88. The molecule has 0 fully saturated rings. The van der Waals surface area contributed by atoms with Gasteiger partial charge in [-0.3, -0.25) is 4.98 Å². The summed E-state index contributed by atoms with van der Waals surface area (Å²) in [6.45, 7) is 3.87. The molecule has 30 heavy (non-hydrogen) atoms. The first kappa shape index (κ1) is 19.6. The first-order valence-electron chi connectivity index (χ1n) is 9.62. The zero-order valence-electron chi connectivity index (χ0n) is 17.0. The summed E-state index contributed by atoms with van der Waals surface area (Å²) in [5.41, 5.74) is 4.50. The molecule has 0 spiro atoms. The Balaban J connectivity index is 1.87. The van der Waals surface area contributed by atoms with Crippen LogP contribution in [-0.4, -0.2) is 34.1 Å². The maximum Gasteiger partial charge on any atom is 0.357 e. The molecule has 3 aromatic heterocycles. The Morgan fingerprint density at radius 1 is 1.10 bits per heavy atom. The molecule has 0 saturated heterocycles. The molecular weight excluding hydrogens is 378 g/mol. The maximum absolute atomic E-state index is 12.6. The van der Waals surface area contributed by atoms with Crippen molar-refractivity contribution in [1.29, 1.82) is 0 Å². The van der Waals surface area contributed by atoms with Crippen LogP contribution in [0.4, 0.5) is 0 Å². The molecule has 150 valence electrons. The minimum Gasteiger partial charge on any atom is -0.458 e. The highest BCUT2D eigenvalue weighted by Gasteiger charge is 2.21. The summed E-state index contributed by atoms with van der Waals surface area (Å²) in [7, 11) is 1.59. The van der Waals surface area contributed by atoms with Crippen LogP contribution in [-0.2, 0) is 16.1 Å². The van der Waals surface area contributed by atoms with Crippen molar-refractivity contribution in [3.8, 4) is 11.8 Å². The van der Waals surface area contributed by atoms with Gasteiger partial charge in [0.05, 0.1) is 24.4 Å². The van der Waals surface area contributed by atoms with Gasteiger partial charge < -0.3 is 14.5 Å². The number of aromatic amines is 1. The third-order valence-electron chi connectivity index (χ3n) is 4.59. The Hall–Kier alpha value is -3.69. The fraction of sp³-hybridized carbons (Fsp3) is 0.208. The number of aromatic nitrogens is 3. The number of methoxy groups -OCH3 is 1. The lowest BCUT2D eigenvalue weighted by Gasteiger charge is -2.11. The molecule has 0 aliphatic rings. The second-order valence-electron chi connectivity index (χ2n) is 7.13. The number of nitrogens with zero attached hydrogens (tertiary/aromatic N) is 2. The molecule has 0 saturated carbocycles. The summed E-state index contributed by atoms with van der Waals surface area (Å²) in [5.74, 6) is 5.88. The smallest absolute Gasteiger partial charge is 0.357 e. The highest BCUT2D eigenvalue weighted by molar-refractivity contribution is 6.11. The van der Waals surface area contributed by atoms with Crippen LogP contribution >= 0.6 is 0 Å². The number of esters is 1. The van der Waals surface area contributed by atoms with Gasteiger partial charge in [0.2, 0.25) is 0 Å². The quantitative estimate of drug-likeness (QED) is 0.411. The summed E-state index contributed by atoms with van der Waals surface area (Å²) in [4.78, 5) is 24.3. The van der Waals surface area contributed by atoms with Crippen LogP contribution in [0.25, 0.3) is 21.8 Å². The average Bonchev–Trinajstić information content (AvgIpc) is 3.11. The number of hydrogen-bond acceptors (Lipinski definition) is 5. The zero-order valence-corrected chi connectivity index (χ0v) is 17.0. The number of nitrogens with one attached hydrogen (secondary N) is 1. The van der Waals surface area contributed by atoms with Gasteiger partial charge in [-0.05, 0) is 44.2 Å². The van der Waals surface area contributed by atoms with Crippen molar-refractivity contribution in [3.63, 3.8) is 0 Å². The van der Waals surface area contributed by atoms with Crippen molar-refractivity contribution in [1.82, 2.24) is 15.0 Å². The van der Waals surface area contributed by atoms with E-state index in [0.29, 0.717) is 5.56 Å².